The topological polar surface area (TPSA) is 240 Å². The van der Waals surface area contributed by atoms with Gasteiger partial charge >= 0.3 is 12.1 Å². The molecule has 0 spiro atoms. The number of carbonyl (C=O) groups excluding carboxylic acids is 1. The fourth-order valence-corrected chi connectivity index (χ4v) is 11.6. The molecule has 1 aromatic heterocycles. The molecule has 5 rings (SSSR count). The van der Waals surface area contributed by atoms with E-state index in [0.29, 0.717) is 37.2 Å². The number of aliphatic hydroxyl groups excluding tert-OH is 4. The first kappa shape index (κ1) is 63.8. The van der Waals surface area contributed by atoms with Crippen LogP contribution in [0.3, 0.4) is 0 Å². The molecule has 0 radical (unpaired) electrons. The van der Waals surface area contributed by atoms with Gasteiger partial charge in [0.2, 0.25) is 0 Å². The number of hydrogen-bond acceptors (Lipinski definition) is 18. The monoisotopic (exact) mass is 1090 g/mol. The average Bonchev–Trinajstić information content (AvgIpc) is 3.83. The van der Waals surface area contributed by atoms with Gasteiger partial charge in [-0.2, -0.15) is 13.2 Å². The summed E-state index contributed by atoms with van der Waals surface area (Å²) in [6.45, 7) is 16.8. The highest BCUT2D eigenvalue weighted by molar-refractivity contribution is 5.73. The van der Waals surface area contributed by atoms with Crippen LogP contribution < -0.4 is 0 Å². The molecule has 76 heavy (non-hydrogen) atoms. The summed E-state index contributed by atoms with van der Waals surface area (Å²) in [4.78, 5) is 18.3. The summed E-state index contributed by atoms with van der Waals surface area (Å²) < 4.78 is 99.2. The van der Waals surface area contributed by atoms with E-state index < -0.39 is 139 Å². The Morgan fingerprint density at radius 3 is 2.16 bits per heavy atom. The first-order valence-electron chi connectivity index (χ1n) is 26.5. The minimum atomic E-state index is -4.86. The molecule has 4 heterocycles. The zero-order valence-electron chi connectivity index (χ0n) is 46.6. The molecule has 23 heteroatoms. The number of carbonyl (C=O) groups is 1. The van der Waals surface area contributed by atoms with E-state index in [2.05, 4.69) is 10.3 Å². The van der Waals surface area contributed by atoms with Gasteiger partial charge in [-0.05, 0) is 98.9 Å². The number of benzene rings is 1. The number of ether oxygens (including phenoxy) is 7. The van der Waals surface area contributed by atoms with E-state index >= 15 is 0 Å². The first-order chi connectivity index (χ1) is 35.3. The number of aliphatic hydroxyl groups is 6. The SMILES string of the molecule is CC[C@H]1OC(=O)[C@H](C)[C@@H](O[C@H]2C[C@@](C)(OC)[C@@H](O)[C@H](C)O2)[C@H](C)[C@@H](O[C@@H]2O[C@H](C)C[C@H](N(C)CCc3cn([C@H](CF)[C@H](OC)c4ccc(C(O)C(F)(F)F)cc4)nn3)[C@H]2O)[C@](C)(O)C[C@@H](C)CN(C)[C@H](C)[C@@H](O)[C@]1(C)O. The van der Waals surface area contributed by atoms with Crippen molar-refractivity contribution in [3.63, 3.8) is 0 Å². The smallest absolute Gasteiger partial charge is 0.418 e. The van der Waals surface area contributed by atoms with Crippen LogP contribution in [0, 0.1) is 17.8 Å². The second-order valence-electron chi connectivity index (χ2n) is 22.6. The van der Waals surface area contributed by atoms with Crippen molar-refractivity contribution in [2.24, 2.45) is 17.8 Å². The Kier molecular flexibility index (Phi) is 21.9. The van der Waals surface area contributed by atoms with Crippen LogP contribution >= 0.6 is 0 Å². The minimum absolute atomic E-state index is 0.0515. The molecule has 6 N–H and O–H groups in total. The summed E-state index contributed by atoms with van der Waals surface area (Å²) >= 11 is 0. The highest BCUT2D eigenvalue weighted by Gasteiger charge is 2.53. The Bertz CT molecular complexity index is 2130. The van der Waals surface area contributed by atoms with Gasteiger partial charge in [-0.25, -0.2) is 9.07 Å². The molecule has 21 atom stereocenters. The molecule has 19 nitrogen and oxygen atoms in total. The van der Waals surface area contributed by atoms with E-state index in [9.17, 15) is 53.0 Å². The summed E-state index contributed by atoms with van der Waals surface area (Å²) in [5.74, 6) is -3.04. The van der Waals surface area contributed by atoms with Crippen molar-refractivity contribution in [2.45, 2.75) is 216 Å². The lowest BCUT2D eigenvalue weighted by molar-refractivity contribution is -0.318. The maximum atomic E-state index is 14.8. The number of cyclic esters (lactones) is 1. The number of esters is 1. The highest BCUT2D eigenvalue weighted by atomic mass is 19.4. The zero-order valence-corrected chi connectivity index (χ0v) is 46.6. The maximum Gasteiger partial charge on any atom is 0.418 e. The standard InChI is InChI=1S/C53H87F4N5O14/c1-15-39-52(10,69)44(64)32(6)61(12)26-28(2)23-50(8,68)47(30(4)42(31(5)48(67)74-39)75-40-24-51(9,71-14)45(65)33(7)73-40)76-49-41(63)37(22-29(3)72-49)60(11)21-20-36-27-62(59-58-36)38(25-54)43(70-13)34-16-18-35(19-17-34)46(66)53(55,56)57/h16-19,27-33,37-47,49,63-66,68-69H,15,20-26H2,1-14H3/t28-,29-,30+,31-,32-,33+,37+,38-,39-,40+,41-,42+,43-,44-,45+,46?,47-,49+,50-,51-,52-/m1/s1. The Morgan fingerprint density at radius 2 is 1.58 bits per heavy atom. The van der Waals surface area contributed by atoms with Gasteiger partial charge in [0.15, 0.2) is 18.7 Å². The molecule has 0 aliphatic carbocycles. The van der Waals surface area contributed by atoms with Gasteiger partial charge in [0.1, 0.15) is 48.8 Å². The highest BCUT2D eigenvalue weighted by Crippen LogP contribution is 2.41. The summed E-state index contributed by atoms with van der Waals surface area (Å²) in [5, 5.41) is 77.8. The Hall–Kier alpha value is -3.01. The molecular formula is C53H87F4N5O14. The number of rotatable bonds is 16. The number of aromatic nitrogens is 3. The molecule has 3 aliphatic rings. The van der Waals surface area contributed by atoms with Crippen molar-refractivity contribution in [2.75, 3.05) is 48.1 Å². The second-order valence-corrected chi connectivity index (χ2v) is 22.6. The van der Waals surface area contributed by atoms with Crippen molar-refractivity contribution in [3.8, 4) is 0 Å². The van der Waals surface area contributed by atoms with Crippen LogP contribution in [0.2, 0.25) is 0 Å². The Labute approximate surface area is 445 Å². The van der Waals surface area contributed by atoms with Crippen molar-refractivity contribution >= 4 is 5.97 Å². The van der Waals surface area contributed by atoms with Crippen molar-refractivity contribution in [1.29, 1.82) is 0 Å². The van der Waals surface area contributed by atoms with Crippen LogP contribution in [-0.4, -0.2) is 206 Å². The number of methoxy groups -OCH3 is 2. The molecule has 0 amide bonds. The third-order valence-electron chi connectivity index (χ3n) is 16.4. The summed E-state index contributed by atoms with van der Waals surface area (Å²) in [6.07, 6.45) is -16.8. The van der Waals surface area contributed by atoms with Gasteiger partial charge in [-0.3, -0.25) is 4.79 Å². The minimum Gasteiger partial charge on any atom is -0.459 e. The van der Waals surface area contributed by atoms with Crippen molar-refractivity contribution in [3.05, 3.63) is 47.3 Å². The Balaban J connectivity index is 1.43. The predicted molar refractivity (Wildman–Crippen MR) is 269 cm³/mol. The maximum absolute atomic E-state index is 14.8. The van der Waals surface area contributed by atoms with Gasteiger partial charge in [0.05, 0.1) is 47.2 Å². The molecule has 0 saturated carbocycles. The first-order valence-corrected chi connectivity index (χ1v) is 26.5. The largest absolute Gasteiger partial charge is 0.459 e. The number of halogens is 4. The van der Waals surface area contributed by atoms with E-state index in [1.807, 2.05) is 30.7 Å². The average molecular weight is 1090 g/mol. The lowest BCUT2D eigenvalue weighted by atomic mass is 9.77. The molecule has 2 aromatic rings. The summed E-state index contributed by atoms with van der Waals surface area (Å²) in [7, 11) is 6.42. The molecule has 3 saturated heterocycles. The normalized spacial score (nSPS) is 39.2. The van der Waals surface area contributed by atoms with Gasteiger partial charge < -0.3 is 73.6 Å². The molecular weight excluding hydrogens is 1010 g/mol. The zero-order chi connectivity index (χ0) is 57.0. The number of likely N-dealkylation sites (N-methyl/N-ethyl adjacent to an activating group) is 2. The van der Waals surface area contributed by atoms with E-state index in [1.54, 1.807) is 61.7 Å². The predicted octanol–water partition coefficient (Wildman–Crippen LogP) is 4.60. The van der Waals surface area contributed by atoms with Crippen LogP contribution in [0.1, 0.15) is 130 Å². The second kappa shape index (κ2) is 26.1. The van der Waals surface area contributed by atoms with Gasteiger partial charge in [-0.15, -0.1) is 5.10 Å². The number of hydrogen-bond donors (Lipinski definition) is 6. The van der Waals surface area contributed by atoms with Gasteiger partial charge in [0, 0.05) is 64.3 Å². The van der Waals surface area contributed by atoms with E-state index in [-0.39, 0.29) is 30.7 Å². The molecule has 1 aromatic carbocycles. The van der Waals surface area contributed by atoms with E-state index in [1.165, 1.54) is 38.0 Å². The van der Waals surface area contributed by atoms with Crippen molar-refractivity contribution in [1.82, 2.24) is 24.8 Å². The molecule has 436 valence electrons. The fourth-order valence-electron chi connectivity index (χ4n) is 11.6. The molecule has 3 fully saturated rings. The third-order valence-corrected chi connectivity index (χ3v) is 16.4. The molecule has 3 aliphatic heterocycles. The van der Waals surface area contributed by atoms with Crippen LogP contribution in [0.5, 0.6) is 0 Å². The van der Waals surface area contributed by atoms with E-state index in [0.717, 1.165) is 12.1 Å². The summed E-state index contributed by atoms with van der Waals surface area (Å²) in [6, 6.07) is 2.64. The lowest BCUT2D eigenvalue weighted by Gasteiger charge is -2.49. The lowest BCUT2D eigenvalue weighted by Crippen LogP contribution is -2.61. The van der Waals surface area contributed by atoms with Gasteiger partial charge in [0.25, 0.3) is 0 Å². The van der Waals surface area contributed by atoms with Crippen LogP contribution in [0.4, 0.5) is 17.6 Å². The van der Waals surface area contributed by atoms with Crippen LogP contribution in [-0.2, 0) is 44.4 Å². The summed E-state index contributed by atoms with van der Waals surface area (Å²) in [5.41, 5.74) is -4.25. The van der Waals surface area contributed by atoms with E-state index in [4.69, 9.17) is 33.2 Å². The van der Waals surface area contributed by atoms with Gasteiger partial charge in [-0.1, -0.05) is 50.3 Å². The molecule has 0 bridgehead atoms. The fraction of sp³-hybridized carbons (Fsp3) is 0.830. The van der Waals surface area contributed by atoms with Crippen LogP contribution in [0.15, 0.2) is 30.5 Å². The number of nitrogens with zero attached hydrogens (tertiary/aromatic N) is 5. The van der Waals surface area contributed by atoms with Crippen molar-refractivity contribution < 1.29 is 86.2 Å². The third kappa shape index (κ3) is 14.7. The Morgan fingerprint density at radius 1 is 0.947 bits per heavy atom. The number of alkyl halides is 4. The van der Waals surface area contributed by atoms with Crippen LogP contribution in [0.25, 0.3) is 0 Å². The quantitative estimate of drug-likeness (QED) is 0.0995. The molecule has 1 unspecified atom stereocenters.